The molecule has 0 aliphatic carbocycles. The quantitative estimate of drug-likeness (QED) is 0.877. The normalized spacial score (nSPS) is 27.2. The lowest BCUT2D eigenvalue weighted by atomic mass is 9.97. The molecule has 2 fully saturated rings. The van der Waals surface area contributed by atoms with Crippen molar-refractivity contribution >= 4 is 26.5 Å². The van der Waals surface area contributed by atoms with Gasteiger partial charge in [-0.3, -0.25) is 0 Å². The highest BCUT2D eigenvalue weighted by molar-refractivity contribution is 7.89. The molecule has 134 valence electrons. The summed E-state index contributed by atoms with van der Waals surface area (Å²) in [6, 6.07) is 5.06. The predicted octanol–water partition coefficient (Wildman–Crippen LogP) is 2.32. The molecule has 0 bridgehead atoms. The van der Waals surface area contributed by atoms with Gasteiger partial charge in [-0.1, -0.05) is 0 Å². The van der Waals surface area contributed by atoms with Crippen molar-refractivity contribution in [3.63, 3.8) is 0 Å². The smallest absolute Gasteiger partial charge is 0.243 e. The minimum atomic E-state index is -3.63. The molecule has 6 nitrogen and oxygen atoms in total. The van der Waals surface area contributed by atoms with Gasteiger partial charge in [0, 0.05) is 31.1 Å². The van der Waals surface area contributed by atoms with Gasteiger partial charge in [0.2, 0.25) is 10.0 Å². The molecule has 25 heavy (non-hydrogen) atoms. The first-order valence-corrected chi connectivity index (χ1v) is 10.3. The Bertz CT molecular complexity index is 842. The highest BCUT2D eigenvalue weighted by atomic mass is 32.2. The minimum Gasteiger partial charge on any atom is -0.371 e. The van der Waals surface area contributed by atoms with Gasteiger partial charge in [0.25, 0.3) is 0 Å². The number of hydrogen-bond donors (Lipinski definition) is 1. The van der Waals surface area contributed by atoms with Gasteiger partial charge in [0.05, 0.1) is 23.1 Å². The monoisotopic (exact) mass is 383 g/mol. The van der Waals surface area contributed by atoms with E-state index >= 15 is 0 Å². The molecule has 0 unspecified atom stereocenters. The predicted molar refractivity (Wildman–Crippen MR) is 92.6 cm³/mol. The molecule has 2 aliphatic heterocycles. The summed E-state index contributed by atoms with van der Waals surface area (Å²) >= 11 is 1.53. The molecule has 9 heteroatoms. The summed E-state index contributed by atoms with van der Waals surface area (Å²) < 4.78 is 46.0. The van der Waals surface area contributed by atoms with Gasteiger partial charge in [-0.05, 0) is 30.7 Å². The van der Waals surface area contributed by atoms with E-state index in [2.05, 4.69) is 10.3 Å². The summed E-state index contributed by atoms with van der Waals surface area (Å²) in [5.74, 6) is -0.452. The highest BCUT2D eigenvalue weighted by Gasteiger charge is 2.48. The van der Waals surface area contributed by atoms with Crippen LogP contribution in [0.2, 0.25) is 0 Å². The zero-order chi connectivity index (χ0) is 17.5. The van der Waals surface area contributed by atoms with E-state index < -0.39 is 21.4 Å². The standard InChI is InChI=1S/C16H18FN3O3S2/c17-12-1-3-14(4-2-12)25(21,22)20-7-5-16(11-20)9-13(10-23-16)19-15-18-6-8-24-15/h1-4,6,8,13H,5,7,9-11H2,(H,18,19)/t13-,16-/m1/s1. The third-order valence-electron chi connectivity index (χ3n) is 4.70. The van der Waals surface area contributed by atoms with Crippen molar-refractivity contribution in [3.05, 3.63) is 41.7 Å². The molecular formula is C16H18FN3O3S2. The van der Waals surface area contributed by atoms with Crippen LogP contribution >= 0.6 is 11.3 Å². The topological polar surface area (TPSA) is 71.5 Å². The van der Waals surface area contributed by atoms with Crippen LogP contribution < -0.4 is 5.32 Å². The number of aromatic nitrogens is 1. The van der Waals surface area contributed by atoms with E-state index in [-0.39, 0.29) is 10.9 Å². The number of thiazole rings is 1. The molecule has 0 radical (unpaired) electrons. The van der Waals surface area contributed by atoms with Crippen molar-refractivity contribution in [2.45, 2.75) is 29.4 Å². The van der Waals surface area contributed by atoms with Crippen molar-refractivity contribution in [2.75, 3.05) is 25.0 Å². The van der Waals surface area contributed by atoms with Gasteiger partial charge in [0.1, 0.15) is 5.82 Å². The van der Waals surface area contributed by atoms with E-state index in [1.54, 1.807) is 6.20 Å². The average molecular weight is 383 g/mol. The number of rotatable bonds is 4. The van der Waals surface area contributed by atoms with Crippen LogP contribution in [0.4, 0.5) is 9.52 Å². The Morgan fingerprint density at radius 3 is 2.88 bits per heavy atom. The van der Waals surface area contributed by atoms with Crippen molar-refractivity contribution < 1.29 is 17.5 Å². The minimum absolute atomic E-state index is 0.112. The molecule has 1 aromatic heterocycles. The third kappa shape index (κ3) is 3.29. The number of anilines is 1. The Morgan fingerprint density at radius 2 is 2.16 bits per heavy atom. The molecule has 3 heterocycles. The molecule has 2 saturated heterocycles. The fourth-order valence-corrected chi connectivity index (χ4v) is 5.58. The molecule has 1 spiro atoms. The first-order chi connectivity index (χ1) is 12.0. The maximum absolute atomic E-state index is 13.1. The van der Waals surface area contributed by atoms with E-state index in [0.717, 1.165) is 11.6 Å². The number of halogens is 1. The maximum atomic E-state index is 13.1. The lowest BCUT2D eigenvalue weighted by Crippen LogP contribution is -2.36. The van der Waals surface area contributed by atoms with Crippen molar-refractivity contribution in [1.82, 2.24) is 9.29 Å². The first kappa shape index (κ1) is 16.9. The van der Waals surface area contributed by atoms with E-state index in [1.165, 1.54) is 39.9 Å². The highest BCUT2D eigenvalue weighted by Crippen LogP contribution is 2.38. The Morgan fingerprint density at radius 1 is 1.36 bits per heavy atom. The zero-order valence-electron chi connectivity index (χ0n) is 13.4. The summed E-state index contributed by atoms with van der Waals surface area (Å²) in [5.41, 5.74) is -0.456. The molecule has 2 aromatic rings. The molecule has 1 N–H and O–H groups in total. The summed E-state index contributed by atoms with van der Waals surface area (Å²) in [4.78, 5) is 4.32. The van der Waals surface area contributed by atoms with Gasteiger partial charge < -0.3 is 10.1 Å². The van der Waals surface area contributed by atoms with Gasteiger partial charge in [0.15, 0.2) is 5.13 Å². The Balaban J connectivity index is 1.45. The summed E-state index contributed by atoms with van der Waals surface area (Å²) in [5, 5.41) is 6.09. The Labute approximate surface area is 149 Å². The van der Waals surface area contributed by atoms with E-state index in [4.69, 9.17) is 4.74 Å². The van der Waals surface area contributed by atoms with Crippen LogP contribution in [0.5, 0.6) is 0 Å². The third-order valence-corrected chi connectivity index (χ3v) is 7.27. The average Bonchev–Trinajstić information content (AvgIpc) is 3.32. The van der Waals surface area contributed by atoms with Crippen molar-refractivity contribution in [3.8, 4) is 0 Å². The lowest BCUT2D eigenvalue weighted by Gasteiger charge is -2.23. The van der Waals surface area contributed by atoms with E-state index in [1.807, 2.05) is 5.38 Å². The largest absolute Gasteiger partial charge is 0.371 e. The van der Waals surface area contributed by atoms with Crippen LogP contribution in [0.3, 0.4) is 0 Å². The Hall–Kier alpha value is -1.55. The van der Waals surface area contributed by atoms with Crippen molar-refractivity contribution in [2.24, 2.45) is 0 Å². The summed E-state index contributed by atoms with van der Waals surface area (Å²) in [7, 11) is -3.63. The molecule has 2 aliphatic rings. The van der Waals surface area contributed by atoms with Crippen LogP contribution in [0.25, 0.3) is 0 Å². The molecule has 2 atom stereocenters. The number of ether oxygens (including phenoxy) is 1. The molecule has 0 saturated carbocycles. The molecule has 4 rings (SSSR count). The van der Waals surface area contributed by atoms with E-state index in [0.29, 0.717) is 26.1 Å². The first-order valence-electron chi connectivity index (χ1n) is 8.03. The number of nitrogens with zero attached hydrogens (tertiary/aromatic N) is 2. The van der Waals surface area contributed by atoms with Gasteiger partial charge >= 0.3 is 0 Å². The van der Waals surface area contributed by atoms with Gasteiger partial charge in [-0.15, -0.1) is 11.3 Å². The second-order valence-electron chi connectivity index (χ2n) is 6.42. The zero-order valence-corrected chi connectivity index (χ0v) is 15.0. The molecular weight excluding hydrogens is 365 g/mol. The number of hydrogen-bond acceptors (Lipinski definition) is 6. The maximum Gasteiger partial charge on any atom is 0.243 e. The van der Waals surface area contributed by atoms with Crippen LogP contribution in [0.1, 0.15) is 12.8 Å². The van der Waals surface area contributed by atoms with Crippen LogP contribution in [-0.2, 0) is 14.8 Å². The van der Waals surface area contributed by atoms with Crippen LogP contribution in [0, 0.1) is 5.82 Å². The second kappa shape index (κ2) is 6.31. The number of nitrogens with one attached hydrogen (secondary N) is 1. The Kier molecular flexibility index (Phi) is 4.27. The van der Waals surface area contributed by atoms with E-state index in [9.17, 15) is 12.8 Å². The fraction of sp³-hybridized carbons (Fsp3) is 0.438. The number of benzene rings is 1. The van der Waals surface area contributed by atoms with Gasteiger partial charge in [-0.2, -0.15) is 4.31 Å². The van der Waals surface area contributed by atoms with Crippen LogP contribution in [-0.4, -0.2) is 49.0 Å². The summed E-state index contributed by atoms with van der Waals surface area (Å²) in [6.07, 6.45) is 3.14. The van der Waals surface area contributed by atoms with Crippen molar-refractivity contribution in [1.29, 1.82) is 0 Å². The summed E-state index contributed by atoms with van der Waals surface area (Å²) in [6.45, 7) is 1.26. The van der Waals surface area contributed by atoms with Gasteiger partial charge in [-0.25, -0.2) is 17.8 Å². The lowest BCUT2D eigenvalue weighted by molar-refractivity contribution is 0.0173. The van der Waals surface area contributed by atoms with Crippen LogP contribution in [0.15, 0.2) is 40.7 Å². The number of sulfonamides is 1. The fourth-order valence-electron chi connectivity index (χ4n) is 3.46. The second-order valence-corrected chi connectivity index (χ2v) is 9.25. The molecule has 0 amide bonds. The SMILES string of the molecule is O=S(=O)(c1ccc(F)cc1)N1CC[C@@]2(C[C@@H](Nc3nccs3)CO2)C1. The molecule has 1 aromatic carbocycles.